The summed E-state index contributed by atoms with van der Waals surface area (Å²) in [7, 11) is 0. The van der Waals surface area contributed by atoms with Crippen LogP contribution < -0.4 is 4.90 Å². The Morgan fingerprint density at radius 1 is 0.321 bits per heavy atom. The first kappa shape index (κ1) is 29.6. The average molecular weight is 674 g/mol. The summed E-state index contributed by atoms with van der Waals surface area (Å²) in [5.41, 5.74) is 14.0. The van der Waals surface area contributed by atoms with E-state index in [1.165, 1.54) is 55.2 Å². The molecule has 9 aromatic carbocycles. The van der Waals surface area contributed by atoms with Crippen LogP contribution in [0.5, 0.6) is 0 Å². The van der Waals surface area contributed by atoms with Crippen molar-refractivity contribution in [3.63, 3.8) is 0 Å². The third kappa shape index (κ3) is 4.61. The number of hydrogen-bond donors (Lipinski definition) is 0. The molecule has 53 heavy (non-hydrogen) atoms. The number of anilines is 3. The standard InChI is InChI=1S/C50H31N3/c1-2-12-32(13-3-1)33-24-26-36(27-25-33)48-49(52-44-22-9-8-21-43(44)51-48)41-30-31-45(39-19-7-6-18-38(39)41)53-46-23-11-16-35-15-10-20-40(47(35)46)42-29-28-34-14-4-5-17-37(34)50(42)53/h1-31H. The van der Waals surface area contributed by atoms with Crippen LogP contribution in [0.25, 0.3) is 88.1 Å². The first-order valence-electron chi connectivity index (χ1n) is 18.1. The van der Waals surface area contributed by atoms with Gasteiger partial charge in [0.1, 0.15) is 0 Å². The van der Waals surface area contributed by atoms with Crippen LogP contribution in [-0.2, 0) is 0 Å². The molecule has 1 aromatic heterocycles. The van der Waals surface area contributed by atoms with E-state index < -0.39 is 0 Å². The third-order valence-corrected chi connectivity index (χ3v) is 10.8. The molecule has 0 radical (unpaired) electrons. The van der Waals surface area contributed by atoms with Crippen molar-refractivity contribution < 1.29 is 0 Å². The number of aromatic nitrogens is 2. The van der Waals surface area contributed by atoms with Gasteiger partial charge in [-0.3, -0.25) is 0 Å². The van der Waals surface area contributed by atoms with Gasteiger partial charge in [-0.15, -0.1) is 0 Å². The molecule has 1 aliphatic rings. The van der Waals surface area contributed by atoms with E-state index in [4.69, 9.17) is 9.97 Å². The second kappa shape index (κ2) is 11.7. The molecule has 0 saturated heterocycles. The van der Waals surface area contributed by atoms with Crippen molar-refractivity contribution in [3.8, 4) is 44.8 Å². The fourth-order valence-corrected chi connectivity index (χ4v) is 8.34. The maximum absolute atomic E-state index is 5.36. The van der Waals surface area contributed by atoms with Gasteiger partial charge in [0.25, 0.3) is 0 Å². The van der Waals surface area contributed by atoms with E-state index >= 15 is 0 Å². The largest absolute Gasteiger partial charge is 0.308 e. The van der Waals surface area contributed by atoms with E-state index in [1.807, 2.05) is 18.2 Å². The summed E-state index contributed by atoms with van der Waals surface area (Å²) >= 11 is 0. The lowest BCUT2D eigenvalue weighted by Crippen LogP contribution is -2.16. The summed E-state index contributed by atoms with van der Waals surface area (Å²) < 4.78 is 0. The van der Waals surface area contributed by atoms with Gasteiger partial charge in [-0.1, -0.05) is 158 Å². The molecule has 3 nitrogen and oxygen atoms in total. The monoisotopic (exact) mass is 673 g/mol. The minimum absolute atomic E-state index is 0.870. The van der Waals surface area contributed by atoms with Crippen LogP contribution in [-0.4, -0.2) is 9.97 Å². The quantitative estimate of drug-likeness (QED) is 0.186. The zero-order chi connectivity index (χ0) is 34.9. The summed E-state index contributed by atoms with van der Waals surface area (Å²) in [5.74, 6) is 0. The molecule has 0 N–H and O–H groups in total. The zero-order valence-corrected chi connectivity index (χ0v) is 28.7. The summed E-state index contributed by atoms with van der Waals surface area (Å²) in [6.45, 7) is 0. The fraction of sp³-hybridized carbons (Fsp3) is 0. The van der Waals surface area contributed by atoms with Gasteiger partial charge in [0.05, 0.1) is 39.5 Å². The van der Waals surface area contributed by atoms with Crippen LogP contribution in [0, 0.1) is 0 Å². The van der Waals surface area contributed by atoms with Crippen molar-refractivity contribution >= 4 is 60.4 Å². The highest BCUT2D eigenvalue weighted by atomic mass is 15.2. The van der Waals surface area contributed by atoms with Gasteiger partial charge in [-0.25, -0.2) is 9.97 Å². The van der Waals surface area contributed by atoms with Crippen molar-refractivity contribution in [2.75, 3.05) is 4.90 Å². The SMILES string of the molecule is c1ccc(-c2ccc(-c3nc4ccccc4nc3-c3ccc(N4c5c(ccc6ccccc56)-c5cccc6cccc4c56)c4ccccc34)cc2)cc1. The lowest BCUT2D eigenvalue weighted by Gasteiger charge is -2.35. The Kier molecular flexibility index (Phi) is 6.55. The lowest BCUT2D eigenvalue weighted by atomic mass is 9.88. The molecule has 0 bridgehead atoms. The minimum Gasteiger partial charge on any atom is -0.308 e. The number of hydrogen-bond acceptors (Lipinski definition) is 3. The van der Waals surface area contributed by atoms with Crippen LogP contribution >= 0.6 is 0 Å². The molecule has 246 valence electrons. The third-order valence-electron chi connectivity index (χ3n) is 10.8. The normalized spacial score (nSPS) is 12.1. The molecule has 2 heterocycles. The van der Waals surface area contributed by atoms with E-state index in [2.05, 4.69) is 175 Å². The van der Waals surface area contributed by atoms with Crippen molar-refractivity contribution in [2.45, 2.75) is 0 Å². The molecule has 0 fully saturated rings. The smallest absolute Gasteiger partial charge is 0.0979 e. The molecule has 0 amide bonds. The van der Waals surface area contributed by atoms with Crippen LogP contribution in [0.1, 0.15) is 0 Å². The predicted octanol–water partition coefficient (Wildman–Crippen LogP) is 13.5. The van der Waals surface area contributed by atoms with Crippen LogP contribution in [0.3, 0.4) is 0 Å². The summed E-state index contributed by atoms with van der Waals surface area (Å²) in [5, 5.41) is 7.24. The Morgan fingerprint density at radius 2 is 0.925 bits per heavy atom. The topological polar surface area (TPSA) is 29.0 Å². The molecule has 10 aromatic rings. The number of benzene rings is 9. The molecule has 11 rings (SSSR count). The number of rotatable bonds is 4. The Hall–Kier alpha value is -7.10. The van der Waals surface area contributed by atoms with Gasteiger partial charge in [0, 0.05) is 32.8 Å². The molecule has 0 aliphatic carbocycles. The number of fused-ring (bicyclic) bond motifs is 6. The Bertz CT molecular complexity index is 3050. The predicted molar refractivity (Wildman–Crippen MR) is 222 cm³/mol. The van der Waals surface area contributed by atoms with Crippen molar-refractivity contribution in [1.29, 1.82) is 0 Å². The molecule has 0 spiro atoms. The first-order valence-corrected chi connectivity index (χ1v) is 18.1. The molecular weight excluding hydrogens is 643 g/mol. The number of para-hydroxylation sites is 2. The molecule has 0 atom stereocenters. The minimum atomic E-state index is 0.870. The Labute approximate surface area is 307 Å². The Morgan fingerprint density at radius 3 is 1.74 bits per heavy atom. The summed E-state index contributed by atoms with van der Waals surface area (Å²) in [6, 6.07) is 67.3. The van der Waals surface area contributed by atoms with Crippen LogP contribution in [0.2, 0.25) is 0 Å². The highest BCUT2D eigenvalue weighted by Crippen LogP contribution is 2.54. The maximum Gasteiger partial charge on any atom is 0.0979 e. The fourth-order valence-electron chi connectivity index (χ4n) is 8.34. The molecular formula is C50H31N3. The van der Waals surface area contributed by atoms with Crippen molar-refractivity contribution in [1.82, 2.24) is 9.97 Å². The van der Waals surface area contributed by atoms with E-state index in [-0.39, 0.29) is 0 Å². The first-order chi connectivity index (χ1) is 26.3. The van der Waals surface area contributed by atoms with Crippen molar-refractivity contribution in [3.05, 3.63) is 188 Å². The van der Waals surface area contributed by atoms with E-state index in [0.717, 1.165) is 50.0 Å². The molecule has 1 aliphatic heterocycles. The summed E-state index contributed by atoms with van der Waals surface area (Å²) in [6.07, 6.45) is 0. The number of nitrogens with zero attached hydrogens (tertiary/aromatic N) is 3. The average Bonchev–Trinajstić information content (AvgIpc) is 3.23. The second-order valence-corrected chi connectivity index (χ2v) is 13.7. The highest BCUT2D eigenvalue weighted by molar-refractivity contribution is 6.21. The van der Waals surface area contributed by atoms with Crippen LogP contribution in [0.15, 0.2) is 188 Å². The molecule has 3 heteroatoms. The van der Waals surface area contributed by atoms with E-state index in [9.17, 15) is 0 Å². The van der Waals surface area contributed by atoms with Crippen molar-refractivity contribution in [2.24, 2.45) is 0 Å². The lowest BCUT2D eigenvalue weighted by molar-refractivity contribution is 1.29. The van der Waals surface area contributed by atoms with Gasteiger partial charge in [0.15, 0.2) is 0 Å². The van der Waals surface area contributed by atoms with Crippen LogP contribution in [0.4, 0.5) is 17.1 Å². The van der Waals surface area contributed by atoms with E-state index in [0.29, 0.717) is 0 Å². The zero-order valence-electron chi connectivity index (χ0n) is 28.7. The van der Waals surface area contributed by atoms with Gasteiger partial charge < -0.3 is 4.90 Å². The van der Waals surface area contributed by atoms with Gasteiger partial charge >= 0.3 is 0 Å². The van der Waals surface area contributed by atoms with Gasteiger partial charge in [-0.05, 0) is 63.2 Å². The van der Waals surface area contributed by atoms with Gasteiger partial charge in [0.2, 0.25) is 0 Å². The van der Waals surface area contributed by atoms with Gasteiger partial charge in [-0.2, -0.15) is 0 Å². The maximum atomic E-state index is 5.36. The second-order valence-electron chi connectivity index (χ2n) is 13.7. The highest BCUT2D eigenvalue weighted by Gasteiger charge is 2.29. The molecule has 0 saturated carbocycles. The van der Waals surface area contributed by atoms with E-state index in [1.54, 1.807) is 0 Å². The summed E-state index contributed by atoms with van der Waals surface area (Å²) in [4.78, 5) is 13.1. The molecule has 0 unspecified atom stereocenters. The Balaban J connectivity index is 1.16.